The number of nitro groups is 1. The van der Waals surface area contributed by atoms with E-state index in [4.69, 9.17) is 4.74 Å². The molecule has 1 saturated heterocycles. The van der Waals surface area contributed by atoms with Gasteiger partial charge in [-0.25, -0.2) is 0 Å². The Morgan fingerprint density at radius 2 is 1.77 bits per heavy atom. The van der Waals surface area contributed by atoms with Gasteiger partial charge < -0.3 is 10.1 Å². The van der Waals surface area contributed by atoms with Gasteiger partial charge in [0.1, 0.15) is 12.2 Å². The number of nitrogens with one attached hydrogen (secondary N) is 1. The number of carbonyl (C=O) groups excluding carboxylic acids is 4. The van der Waals surface area contributed by atoms with Gasteiger partial charge >= 0.3 is 5.97 Å². The van der Waals surface area contributed by atoms with E-state index in [1.54, 1.807) is 19.9 Å². The minimum absolute atomic E-state index is 0.0301. The maximum Gasteiger partial charge on any atom is 0.326 e. The molecule has 2 atom stereocenters. The number of imide groups is 1. The average Bonchev–Trinajstić information content (AvgIpc) is 2.95. The number of aryl methyl sites for hydroxylation is 1. The van der Waals surface area contributed by atoms with Gasteiger partial charge in [0.05, 0.1) is 16.8 Å². The van der Waals surface area contributed by atoms with Crippen molar-refractivity contribution in [1.29, 1.82) is 0 Å². The van der Waals surface area contributed by atoms with Gasteiger partial charge in [0.15, 0.2) is 6.61 Å². The van der Waals surface area contributed by atoms with Crippen molar-refractivity contribution in [2.24, 2.45) is 11.8 Å². The highest BCUT2D eigenvalue weighted by Crippen LogP contribution is 2.35. The molecule has 158 valence electrons. The molecule has 0 aromatic heterocycles. The van der Waals surface area contributed by atoms with Crippen LogP contribution in [0.25, 0.3) is 0 Å². The maximum atomic E-state index is 12.4. The van der Waals surface area contributed by atoms with Crippen LogP contribution in [0.2, 0.25) is 0 Å². The predicted molar refractivity (Wildman–Crippen MR) is 104 cm³/mol. The third-order valence-electron chi connectivity index (χ3n) is 5.43. The zero-order valence-electron chi connectivity index (χ0n) is 16.5. The predicted octanol–water partition coefficient (Wildman–Crippen LogP) is 1.64. The molecule has 3 amide bonds. The number of fused-ring (bicyclic) bond motifs is 1. The second-order valence-electron chi connectivity index (χ2n) is 7.29. The number of hydrogen-bond acceptors (Lipinski definition) is 7. The first kappa shape index (κ1) is 21.2. The lowest BCUT2D eigenvalue weighted by molar-refractivity contribution is -0.384. The number of carbonyl (C=O) groups is 4. The zero-order valence-corrected chi connectivity index (χ0v) is 16.5. The summed E-state index contributed by atoms with van der Waals surface area (Å²) in [7, 11) is 0. The van der Waals surface area contributed by atoms with E-state index < -0.39 is 53.6 Å². The number of hydrogen-bond donors (Lipinski definition) is 1. The third kappa shape index (κ3) is 4.07. The van der Waals surface area contributed by atoms with Gasteiger partial charge in [0.25, 0.3) is 11.6 Å². The number of esters is 1. The van der Waals surface area contributed by atoms with E-state index in [0.717, 1.165) is 10.5 Å². The summed E-state index contributed by atoms with van der Waals surface area (Å²) in [5, 5.41) is 13.6. The standard InChI is InChI=1S/C20H21N3O7/c1-11-7-8-15(23(28)29)18(12(11)2)21-16(24)10-30-17(25)9-22-19(26)13-5-3-4-6-14(13)20(22)27/h3-4,7-8,13-14H,5-6,9-10H2,1-2H3,(H,21,24)/t13-,14-/m1/s1. The van der Waals surface area contributed by atoms with Gasteiger partial charge in [0.2, 0.25) is 11.8 Å². The minimum atomic E-state index is -0.908. The molecule has 2 aliphatic rings. The first-order chi connectivity index (χ1) is 14.2. The van der Waals surface area contributed by atoms with Crippen LogP contribution in [0.3, 0.4) is 0 Å². The summed E-state index contributed by atoms with van der Waals surface area (Å²) in [6.45, 7) is 2.10. The molecular formula is C20H21N3O7. The Kier molecular flexibility index (Phi) is 5.95. The minimum Gasteiger partial charge on any atom is -0.454 e. The van der Waals surface area contributed by atoms with E-state index in [0.29, 0.717) is 18.4 Å². The number of nitro benzene ring substituents is 1. The van der Waals surface area contributed by atoms with Crippen LogP contribution >= 0.6 is 0 Å². The highest BCUT2D eigenvalue weighted by Gasteiger charge is 2.47. The topological polar surface area (TPSA) is 136 Å². The van der Waals surface area contributed by atoms with Gasteiger partial charge in [-0.2, -0.15) is 0 Å². The van der Waals surface area contributed by atoms with Crippen LogP contribution in [-0.4, -0.2) is 46.7 Å². The molecule has 1 aliphatic heterocycles. The first-order valence-electron chi connectivity index (χ1n) is 9.41. The lowest BCUT2D eigenvalue weighted by Gasteiger charge is -2.14. The second kappa shape index (κ2) is 8.44. The molecule has 10 heteroatoms. The molecule has 1 fully saturated rings. The van der Waals surface area contributed by atoms with Gasteiger partial charge in [-0.3, -0.25) is 34.2 Å². The molecule has 1 heterocycles. The number of likely N-dealkylation sites (tertiary alicyclic amines) is 1. The fraction of sp³-hybridized carbons (Fsp3) is 0.400. The SMILES string of the molecule is Cc1ccc([N+](=O)[O-])c(NC(=O)COC(=O)CN2C(=O)[C@@H]3CC=CC[C@H]3C2=O)c1C. The normalized spacial score (nSPS) is 20.1. The van der Waals surface area contributed by atoms with E-state index in [1.807, 2.05) is 12.2 Å². The number of anilines is 1. The largest absolute Gasteiger partial charge is 0.454 e. The Morgan fingerprint density at radius 3 is 2.33 bits per heavy atom. The molecule has 0 radical (unpaired) electrons. The van der Waals surface area contributed by atoms with Crippen molar-refractivity contribution in [2.75, 3.05) is 18.5 Å². The first-order valence-corrected chi connectivity index (χ1v) is 9.41. The molecular weight excluding hydrogens is 394 g/mol. The fourth-order valence-corrected chi connectivity index (χ4v) is 3.63. The molecule has 0 spiro atoms. The van der Waals surface area contributed by atoms with Crippen LogP contribution in [0.15, 0.2) is 24.3 Å². The van der Waals surface area contributed by atoms with Gasteiger partial charge in [-0.15, -0.1) is 0 Å². The van der Waals surface area contributed by atoms with E-state index in [9.17, 15) is 29.3 Å². The summed E-state index contributed by atoms with van der Waals surface area (Å²) in [6, 6.07) is 2.85. The number of allylic oxidation sites excluding steroid dienone is 2. The van der Waals surface area contributed by atoms with Gasteiger partial charge in [0, 0.05) is 6.07 Å². The molecule has 1 aromatic rings. The molecule has 1 aliphatic carbocycles. The number of benzene rings is 1. The quantitative estimate of drug-likeness (QED) is 0.245. The van der Waals surface area contributed by atoms with E-state index in [2.05, 4.69) is 5.32 Å². The van der Waals surface area contributed by atoms with Crippen molar-refractivity contribution in [3.8, 4) is 0 Å². The number of ether oxygens (including phenoxy) is 1. The average molecular weight is 415 g/mol. The molecule has 3 rings (SSSR count). The Hall–Kier alpha value is -3.56. The number of amides is 3. The van der Waals surface area contributed by atoms with Crippen molar-refractivity contribution in [1.82, 2.24) is 4.90 Å². The van der Waals surface area contributed by atoms with Crippen LogP contribution in [0, 0.1) is 35.8 Å². The molecule has 10 nitrogen and oxygen atoms in total. The van der Waals surface area contributed by atoms with Crippen LogP contribution < -0.4 is 5.32 Å². The van der Waals surface area contributed by atoms with Gasteiger partial charge in [-0.05, 0) is 37.8 Å². The van der Waals surface area contributed by atoms with E-state index >= 15 is 0 Å². The smallest absolute Gasteiger partial charge is 0.326 e. The van der Waals surface area contributed by atoms with Crippen molar-refractivity contribution in [3.05, 3.63) is 45.5 Å². The molecule has 1 N–H and O–H groups in total. The van der Waals surface area contributed by atoms with E-state index in [1.165, 1.54) is 6.07 Å². The molecule has 0 unspecified atom stereocenters. The summed E-state index contributed by atoms with van der Waals surface area (Å²) in [6.07, 6.45) is 4.59. The molecule has 30 heavy (non-hydrogen) atoms. The van der Waals surface area contributed by atoms with Crippen LogP contribution in [0.5, 0.6) is 0 Å². The van der Waals surface area contributed by atoms with Crippen molar-refractivity contribution in [2.45, 2.75) is 26.7 Å². The van der Waals surface area contributed by atoms with Crippen LogP contribution in [0.1, 0.15) is 24.0 Å². The molecule has 1 aromatic carbocycles. The van der Waals surface area contributed by atoms with Crippen molar-refractivity contribution >= 4 is 35.1 Å². The Bertz CT molecular complexity index is 943. The third-order valence-corrected chi connectivity index (χ3v) is 5.43. The number of nitrogens with zero attached hydrogens (tertiary/aromatic N) is 2. The van der Waals surface area contributed by atoms with Crippen molar-refractivity contribution < 1.29 is 28.8 Å². The number of rotatable bonds is 6. The maximum absolute atomic E-state index is 12.4. The lowest BCUT2D eigenvalue weighted by atomic mass is 9.85. The Morgan fingerprint density at radius 1 is 1.17 bits per heavy atom. The highest BCUT2D eigenvalue weighted by molar-refractivity contribution is 6.07. The summed E-state index contributed by atoms with van der Waals surface area (Å²) in [4.78, 5) is 60.4. The van der Waals surface area contributed by atoms with Crippen LogP contribution in [0.4, 0.5) is 11.4 Å². The second-order valence-corrected chi connectivity index (χ2v) is 7.29. The summed E-state index contributed by atoms with van der Waals surface area (Å²) >= 11 is 0. The summed E-state index contributed by atoms with van der Waals surface area (Å²) in [5.74, 6) is -3.42. The lowest BCUT2D eigenvalue weighted by Crippen LogP contribution is -2.37. The molecule has 0 saturated carbocycles. The van der Waals surface area contributed by atoms with Gasteiger partial charge in [-0.1, -0.05) is 18.2 Å². The molecule has 0 bridgehead atoms. The highest BCUT2D eigenvalue weighted by atomic mass is 16.6. The monoisotopic (exact) mass is 415 g/mol. The Labute approximate surface area is 172 Å². The summed E-state index contributed by atoms with van der Waals surface area (Å²) in [5.41, 5.74) is 1.02. The Balaban J connectivity index is 1.58. The summed E-state index contributed by atoms with van der Waals surface area (Å²) < 4.78 is 4.88. The van der Waals surface area contributed by atoms with Crippen LogP contribution in [-0.2, 0) is 23.9 Å². The van der Waals surface area contributed by atoms with E-state index in [-0.39, 0.29) is 11.4 Å². The zero-order chi connectivity index (χ0) is 22.0. The fourth-order valence-electron chi connectivity index (χ4n) is 3.63. The van der Waals surface area contributed by atoms with Crippen molar-refractivity contribution in [3.63, 3.8) is 0 Å².